The zero-order valence-electron chi connectivity index (χ0n) is 25.3. The maximum Gasteiger partial charge on any atom is 0.335 e. The van der Waals surface area contributed by atoms with E-state index in [1.54, 1.807) is 6.92 Å². The van der Waals surface area contributed by atoms with Gasteiger partial charge < -0.3 is 19.7 Å². The van der Waals surface area contributed by atoms with Crippen molar-refractivity contribution in [1.29, 1.82) is 0 Å². The van der Waals surface area contributed by atoms with E-state index < -0.39 is 29.9 Å². The number of rotatable bonds is 18. The fourth-order valence-electron chi connectivity index (χ4n) is 6.90. The molecule has 2 aliphatic rings. The van der Waals surface area contributed by atoms with E-state index in [0.29, 0.717) is 5.92 Å². The molecule has 0 bridgehead atoms. The van der Waals surface area contributed by atoms with Gasteiger partial charge in [0.2, 0.25) is 0 Å². The van der Waals surface area contributed by atoms with Crippen molar-refractivity contribution < 1.29 is 29.3 Å². The fourth-order valence-corrected chi connectivity index (χ4v) is 6.90. The van der Waals surface area contributed by atoms with Crippen LogP contribution in [0.3, 0.4) is 0 Å². The average Bonchev–Trinajstić information content (AvgIpc) is 2.97. The molecule has 0 saturated heterocycles. The Morgan fingerprint density at radius 2 is 1.38 bits per heavy atom. The van der Waals surface area contributed by atoms with Crippen LogP contribution in [0.25, 0.3) is 0 Å². The minimum atomic E-state index is -0.603. The summed E-state index contributed by atoms with van der Waals surface area (Å²) in [5.41, 5.74) is -0.447. The minimum absolute atomic E-state index is 0.0274. The number of aliphatic hydroxyl groups is 2. The first-order valence-corrected chi connectivity index (χ1v) is 16.0. The quantitative estimate of drug-likeness (QED) is 0.108. The van der Waals surface area contributed by atoms with E-state index >= 15 is 0 Å². The molecule has 226 valence electrons. The molecule has 39 heavy (non-hydrogen) atoms. The Morgan fingerprint density at radius 1 is 0.821 bits per heavy atom. The van der Waals surface area contributed by atoms with Crippen LogP contribution in [-0.2, 0) is 19.1 Å². The number of ether oxygens (including phenoxy) is 2. The first-order chi connectivity index (χ1) is 18.8. The molecule has 2 saturated carbocycles. The lowest BCUT2D eigenvalue weighted by Crippen LogP contribution is -2.36. The van der Waals surface area contributed by atoms with Crippen molar-refractivity contribution in [3.63, 3.8) is 0 Å². The monoisotopic (exact) mass is 550 g/mol. The largest absolute Gasteiger partial charge is 0.465 e. The van der Waals surface area contributed by atoms with Crippen LogP contribution < -0.4 is 0 Å². The molecule has 6 heteroatoms. The Kier molecular flexibility index (Phi) is 15.7. The Hall–Kier alpha value is -1.40. The number of carbonyl (C=O) groups is 2. The van der Waals surface area contributed by atoms with Crippen molar-refractivity contribution in [1.82, 2.24) is 0 Å². The number of aliphatic hydroxyl groups excluding tert-OH is 2. The molecule has 0 radical (unpaired) electrons. The Labute approximate surface area is 238 Å². The molecule has 0 aromatic heterocycles. The zero-order valence-corrected chi connectivity index (χ0v) is 25.3. The van der Waals surface area contributed by atoms with Gasteiger partial charge in [0.1, 0.15) is 13.2 Å². The fraction of sp³-hybridized carbons (Fsp3) is 0.879. The molecule has 2 aliphatic carbocycles. The molecule has 6 nitrogen and oxygen atoms in total. The van der Waals surface area contributed by atoms with Crippen LogP contribution >= 0.6 is 0 Å². The summed E-state index contributed by atoms with van der Waals surface area (Å²) in [6, 6.07) is 0. The van der Waals surface area contributed by atoms with Crippen LogP contribution in [-0.4, -0.2) is 48.6 Å². The molecular formula is C33H58O6. The molecule has 2 unspecified atom stereocenters. The van der Waals surface area contributed by atoms with Crippen molar-refractivity contribution >= 4 is 11.9 Å². The van der Waals surface area contributed by atoms with Gasteiger partial charge in [0.25, 0.3) is 0 Å². The summed E-state index contributed by atoms with van der Waals surface area (Å²) < 4.78 is 11.2. The maximum atomic E-state index is 12.4. The first kappa shape index (κ1) is 33.8. The van der Waals surface area contributed by atoms with Gasteiger partial charge in [-0.15, -0.1) is 0 Å². The molecule has 0 spiro atoms. The van der Waals surface area contributed by atoms with Gasteiger partial charge in [-0.3, -0.25) is 4.79 Å². The van der Waals surface area contributed by atoms with E-state index in [2.05, 4.69) is 20.4 Å². The third kappa shape index (κ3) is 11.5. The molecule has 2 atom stereocenters. The van der Waals surface area contributed by atoms with Gasteiger partial charge in [-0.05, 0) is 75.5 Å². The second-order valence-corrected chi connectivity index (χ2v) is 12.9. The van der Waals surface area contributed by atoms with Crippen LogP contribution in [0.1, 0.15) is 124 Å². The summed E-state index contributed by atoms with van der Waals surface area (Å²) in [4.78, 5) is 24.6. The Balaban J connectivity index is 1.90. The molecule has 2 fully saturated rings. The van der Waals surface area contributed by atoms with Crippen LogP contribution in [0.15, 0.2) is 12.2 Å². The summed E-state index contributed by atoms with van der Waals surface area (Å²) >= 11 is 0. The van der Waals surface area contributed by atoms with Gasteiger partial charge in [0, 0.05) is 5.41 Å². The van der Waals surface area contributed by atoms with E-state index in [0.717, 1.165) is 43.4 Å². The average molecular weight is 551 g/mol. The molecule has 0 aromatic carbocycles. The number of unbranched alkanes of at least 4 members (excludes halogenated alkanes) is 2. The lowest BCUT2D eigenvalue weighted by atomic mass is 9.67. The Bertz CT molecular complexity index is 720. The van der Waals surface area contributed by atoms with E-state index in [1.807, 2.05) is 0 Å². The third-order valence-corrected chi connectivity index (χ3v) is 9.71. The molecule has 0 aliphatic heterocycles. The summed E-state index contributed by atoms with van der Waals surface area (Å²) in [7, 11) is 0. The van der Waals surface area contributed by atoms with Gasteiger partial charge in [0.15, 0.2) is 0 Å². The highest BCUT2D eigenvalue weighted by Gasteiger charge is 2.36. The lowest BCUT2D eigenvalue weighted by molar-refractivity contribution is -0.157. The van der Waals surface area contributed by atoms with E-state index in [9.17, 15) is 19.8 Å². The minimum Gasteiger partial charge on any atom is -0.465 e. The highest BCUT2D eigenvalue weighted by Crippen LogP contribution is 2.44. The van der Waals surface area contributed by atoms with Gasteiger partial charge in [0.05, 0.1) is 24.7 Å². The second kappa shape index (κ2) is 18.1. The predicted octanol–water partition coefficient (Wildman–Crippen LogP) is 7.01. The van der Waals surface area contributed by atoms with Crippen LogP contribution in [0.2, 0.25) is 0 Å². The summed E-state index contributed by atoms with van der Waals surface area (Å²) in [5.74, 6) is 1.80. The standard InChI is InChI=1S/C33H58O6/c1-5-7-8-9-27-10-14-29(15-11-27)30-16-12-28(13-17-30)18-20-33(19-6-2,23-38-31(36)25(3)21-34)24-39-32(37)26(4)22-35/h26-30,34-35H,3,5-24H2,1-2,4H3. The number of hydrogen-bond acceptors (Lipinski definition) is 6. The normalized spacial score (nSPS) is 25.9. The third-order valence-electron chi connectivity index (χ3n) is 9.71. The number of esters is 2. The number of hydrogen-bond donors (Lipinski definition) is 2. The summed E-state index contributed by atoms with van der Waals surface area (Å²) in [6.07, 6.45) is 19.9. The highest BCUT2D eigenvalue weighted by atomic mass is 16.5. The van der Waals surface area contributed by atoms with Crippen LogP contribution in [0.5, 0.6) is 0 Å². The highest BCUT2D eigenvalue weighted by molar-refractivity contribution is 5.87. The molecule has 2 N–H and O–H groups in total. The second-order valence-electron chi connectivity index (χ2n) is 12.9. The summed E-state index contributed by atoms with van der Waals surface area (Å²) in [5, 5.41) is 18.6. The summed E-state index contributed by atoms with van der Waals surface area (Å²) in [6.45, 7) is 9.21. The van der Waals surface area contributed by atoms with Gasteiger partial charge in [-0.2, -0.15) is 0 Å². The van der Waals surface area contributed by atoms with Crippen molar-refractivity contribution in [2.75, 3.05) is 26.4 Å². The topological polar surface area (TPSA) is 93.1 Å². The Morgan fingerprint density at radius 3 is 1.90 bits per heavy atom. The predicted molar refractivity (Wildman–Crippen MR) is 156 cm³/mol. The molecule has 0 heterocycles. The molecular weight excluding hydrogens is 492 g/mol. The smallest absolute Gasteiger partial charge is 0.335 e. The molecule has 0 aromatic rings. The maximum absolute atomic E-state index is 12.4. The van der Waals surface area contributed by atoms with Crippen LogP contribution in [0.4, 0.5) is 0 Å². The lowest BCUT2D eigenvalue weighted by Gasteiger charge is -2.39. The van der Waals surface area contributed by atoms with Gasteiger partial charge in [-0.1, -0.05) is 78.2 Å². The van der Waals surface area contributed by atoms with E-state index in [-0.39, 0.29) is 25.4 Å². The van der Waals surface area contributed by atoms with E-state index in [1.165, 1.54) is 77.0 Å². The SMILES string of the molecule is C=C(CO)C(=O)OCC(CCC)(CCC1CCC(C2CCC(CCCCC)CC2)CC1)COC(=O)C(C)CO. The molecule has 0 amide bonds. The first-order valence-electron chi connectivity index (χ1n) is 16.0. The number of carbonyl (C=O) groups excluding carboxylic acids is 2. The van der Waals surface area contributed by atoms with Gasteiger partial charge in [-0.25, -0.2) is 4.79 Å². The van der Waals surface area contributed by atoms with Gasteiger partial charge >= 0.3 is 11.9 Å². The van der Waals surface area contributed by atoms with Crippen molar-refractivity contribution in [3.8, 4) is 0 Å². The van der Waals surface area contributed by atoms with E-state index in [4.69, 9.17) is 9.47 Å². The van der Waals surface area contributed by atoms with Crippen molar-refractivity contribution in [2.24, 2.45) is 35.0 Å². The zero-order chi connectivity index (χ0) is 28.7. The van der Waals surface area contributed by atoms with Crippen molar-refractivity contribution in [3.05, 3.63) is 12.2 Å². The molecule has 2 rings (SSSR count). The van der Waals surface area contributed by atoms with Crippen LogP contribution in [0, 0.1) is 35.0 Å². The van der Waals surface area contributed by atoms with Crippen molar-refractivity contribution in [2.45, 2.75) is 124 Å².